The Bertz CT molecular complexity index is 737. The Labute approximate surface area is 139 Å². The lowest BCUT2D eigenvalue weighted by Crippen LogP contribution is -2.21. The molecule has 0 amide bonds. The maximum atomic E-state index is 14.1. The van der Waals surface area contributed by atoms with E-state index in [0.717, 1.165) is 18.9 Å². The zero-order valence-corrected chi connectivity index (χ0v) is 13.4. The molecule has 2 aromatic rings. The van der Waals surface area contributed by atoms with Crippen molar-refractivity contribution < 1.29 is 14.1 Å². The Balaban J connectivity index is 1.82. The summed E-state index contributed by atoms with van der Waals surface area (Å²) < 4.78 is 19.2. The van der Waals surface area contributed by atoms with Crippen LogP contribution in [0, 0.1) is 21.8 Å². The number of hydrogen-bond acceptors (Lipinski definition) is 4. The molecule has 0 saturated carbocycles. The third-order valence-electron chi connectivity index (χ3n) is 4.43. The molecule has 0 radical (unpaired) electrons. The lowest BCUT2D eigenvalue weighted by Gasteiger charge is -2.19. The van der Waals surface area contributed by atoms with Gasteiger partial charge in [-0.25, -0.2) is 0 Å². The third kappa shape index (κ3) is 3.32. The topological polar surface area (TPSA) is 55.6 Å². The Morgan fingerprint density at radius 1 is 1.33 bits per heavy atom. The lowest BCUT2D eigenvalue weighted by molar-refractivity contribution is -0.386. The van der Waals surface area contributed by atoms with E-state index in [2.05, 4.69) is 12.1 Å². The molecule has 3 rings (SSSR count). The number of hydrogen-bond donors (Lipinski definition) is 0. The average Bonchev–Trinajstić information content (AvgIpc) is 3.03. The standard InChI is InChI=1S/C18H19FN2O3/c1-24-15-10-16(19)18(21(22)23)17(11-15)20-8-7-14(12-20)9-13-5-3-2-4-6-13/h2-6,10-11,14H,7-9,12H2,1H3. The minimum Gasteiger partial charge on any atom is -0.497 e. The number of methoxy groups -OCH3 is 1. The van der Waals surface area contributed by atoms with Gasteiger partial charge in [-0.05, 0) is 24.3 Å². The predicted molar refractivity (Wildman–Crippen MR) is 90.1 cm³/mol. The van der Waals surface area contributed by atoms with Gasteiger partial charge in [0.25, 0.3) is 0 Å². The van der Waals surface area contributed by atoms with Crippen LogP contribution in [0.15, 0.2) is 42.5 Å². The molecule has 1 heterocycles. The summed E-state index contributed by atoms with van der Waals surface area (Å²) in [5, 5.41) is 11.3. The number of rotatable bonds is 5. The molecule has 1 atom stereocenters. The normalized spacial score (nSPS) is 17.1. The molecule has 1 aliphatic rings. The number of nitrogens with zero attached hydrogens (tertiary/aromatic N) is 2. The predicted octanol–water partition coefficient (Wildman–Crippen LogP) is 3.81. The molecule has 1 aliphatic heterocycles. The van der Waals surface area contributed by atoms with Crippen molar-refractivity contribution in [3.8, 4) is 5.75 Å². The summed E-state index contributed by atoms with van der Waals surface area (Å²) in [5.74, 6) is -0.179. The summed E-state index contributed by atoms with van der Waals surface area (Å²) in [7, 11) is 1.42. The van der Waals surface area contributed by atoms with Gasteiger partial charge in [0, 0.05) is 25.2 Å². The van der Waals surface area contributed by atoms with Gasteiger partial charge in [-0.1, -0.05) is 30.3 Å². The minimum absolute atomic E-state index is 0.291. The van der Waals surface area contributed by atoms with Crippen LogP contribution < -0.4 is 9.64 Å². The molecule has 126 valence electrons. The molecule has 6 heteroatoms. The first-order valence-corrected chi connectivity index (χ1v) is 7.89. The van der Waals surface area contributed by atoms with Gasteiger partial charge in [-0.15, -0.1) is 0 Å². The second-order valence-corrected chi connectivity index (χ2v) is 6.02. The molecule has 1 saturated heterocycles. The maximum absolute atomic E-state index is 14.1. The van der Waals surface area contributed by atoms with Crippen molar-refractivity contribution in [2.75, 3.05) is 25.1 Å². The monoisotopic (exact) mass is 330 g/mol. The zero-order chi connectivity index (χ0) is 17.1. The van der Waals surface area contributed by atoms with E-state index >= 15 is 0 Å². The number of ether oxygens (including phenoxy) is 1. The van der Waals surface area contributed by atoms with Crippen LogP contribution in [0.4, 0.5) is 15.8 Å². The summed E-state index contributed by atoms with van der Waals surface area (Å²) in [5.41, 5.74) is 1.07. The quantitative estimate of drug-likeness (QED) is 0.618. The Kier molecular flexibility index (Phi) is 4.64. The highest BCUT2D eigenvalue weighted by Crippen LogP contribution is 2.38. The molecule has 24 heavy (non-hydrogen) atoms. The lowest BCUT2D eigenvalue weighted by atomic mass is 9.99. The molecule has 0 bridgehead atoms. The van der Waals surface area contributed by atoms with E-state index in [4.69, 9.17) is 4.74 Å². The van der Waals surface area contributed by atoms with Crippen LogP contribution in [-0.4, -0.2) is 25.1 Å². The molecular formula is C18H19FN2O3. The van der Waals surface area contributed by atoms with Crippen molar-refractivity contribution in [3.05, 3.63) is 64.0 Å². The van der Waals surface area contributed by atoms with Crippen molar-refractivity contribution in [3.63, 3.8) is 0 Å². The van der Waals surface area contributed by atoms with Crippen LogP contribution in [0.5, 0.6) is 5.75 Å². The van der Waals surface area contributed by atoms with Crippen LogP contribution in [0.2, 0.25) is 0 Å². The highest BCUT2D eigenvalue weighted by Gasteiger charge is 2.31. The summed E-state index contributed by atoms with van der Waals surface area (Å²) in [6.45, 7) is 1.34. The van der Waals surface area contributed by atoms with Crippen molar-refractivity contribution in [1.82, 2.24) is 0 Å². The van der Waals surface area contributed by atoms with E-state index in [-0.39, 0.29) is 0 Å². The molecule has 1 unspecified atom stereocenters. The van der Waals surface area contributed by atoms with E-state index in [1.807, 2.05) is 23.1 Å². The summed E-state index contributed by atoms with van der Waals surface area (Å²) in [4.78, 5) is 12.5. The number of nitro groups is 1. The first kappa shape index (κ1) is 16.2. The Morgan fingerprint density at radius 3 is 2.75 bits per heavy atom. The number of anilines is 1. The number of nitro benzene ring substituents is 1. The van der Waals surface area contributed by atoms with Crippen LogP contribution in [0.1, 0.15) is 12.0 Å². The molecule has 5 nitrogen and oxygen atoms in total. The van der Waals surface area contributed by atoms with Gasteiger partial charge >= 0.3 is 5.69 Å². The fourth-order valence-electron chi connectivity index (χ4n) is 3.27. The highest BCUT2D eigenvalue weighted by molar-refractivity contribution is 5.67. The van der Waals surface area contributed by atoms with Crippen LogP contribution in [-0.2, 0) is 6.42 Å². The van der Waals surface area contributed by atoms with Gasteiger partial charge in [0.1, 0.15) is 11.4 Å². The van der Waals surface area contributed by atoms with Crippen molar-refractivity contribution in [2.24, 2.45) is 5.92 Å². The second kappa shape index (κ2) is 6.86. The van der Waals surface area contributed by atoms with Gasteiger partial charge in [-0.3, -0.25) is 10.1 Å². The van der Waals surface area contributed by atoms with Gasteiger partial charge in [-0.2, -0.15) is 4.39 Å². The Morgan fingerprint density at radius 2 is 2.08 bits per heavy atom. The van der Waals surface area contributed by atoms with Gasteiger partial charge in [0.05, 0.1) is 12.0 Å². The molecular weight excluding hydrogens is 311 g/mol. The fourth-order valence-corrected chi connectivity index (χ4v) is 3.27. The Hall–Kier alpha value is -2.63. The highest BCUT2D eigenvalue weighted by atomic mass is 19.1. The summed E-state index contributed by atoms with van der Waals surface area (Å²) in [6.07, 6.45) is 1.84. The first-order valence-electron chi connectivity index (χ1n) is 7.89. The fraction of sp³-hybridized carbons (Fsp3) is 0.333. The number of halogens is 1. The first-order chi connectivity index (χ1) is 11.6. The largest absolute Gasteiger partial charge is 0.497 e. The van der Waals surface area contributed by atoms with Gasteiger partial charge in [0.15, 0.2) is 0 Å². The molecule has 0 spiro atoms. The van der Waals surface area contributed by atoms with E-state index in [1.165, 1.54) is 12.7 Å². The van der Waals surface area contributed by atoms with Gasteiger partial charge < -0.3 is 9.64 Å². The van der Waals surface area contributed by atoms with Crippen molar-refractivity contribution in [2.45, 2.75) is 12.8 Å². The van der Waals surface area contributed by atoms with Gasteiger partial charge in [0.2, 0.25) is 5.82 Å². The van der Waals surface area contributed by atoms with Crippen molar-refractivity contribution in [1.29, 1.82) is 0 Å². The molecule has 0 aromatic heterocycles. The molecule has 0 aliphatic carbocycles. The maximum Gasteiger partial charge on any atom is 0.328 e. The minimum atomic E-state index is -0.860. The van der Waals surface area contributed by atoms with E-state index in [9.17, 15) is 14.5 Å². The molecule has 1 fully saturated rings. The van der Waals surface area contributed by atoms with E-state index in [0.29, 0.717) is 30.4 Å². The van der Waals surface area contributed by atoms with Crippen LogP contribution >= 0.6 is 0 Å². The molecule has 0 N–H and O–H groups in total. The summed E-state index contributed by atoms with van der Waals surface area (Å²) in [6, 6.07) is 12.7. The van der Waals surface area contributed by atoms with Crippen LogP contribution in [0.25, 0.3) is 0 Å². The third-order valence-corrected chi connectivity index (χ3v) is 4.43. The second-order valence-electron chi connectivity index (χ2n) is 6.02. The van der Waals surface area contributed by atoms with E-state index < -0.39 is 16.4 Å². The summed E-state index contributed by atoms with van der Waals surface area (Å²) >= 11 is 0. The average molecular weight is 330 g/mol. The smallest absolute Gasteiger partial charge is 0.328 e. The number of benzene rings is 2. The van der Waals surface area contributed by atoms with Crippen molar-refractivity contribution >= 4 is 11.4 Å². The SMILES string of the molecule is COc1cc(F)c([N+](=O)[O-])c(N2CCC(Cc3ccccc3)C2)c1. The molecule has 2 aromatic carbocycles. The van der Waals surface area contributed by atoms with Crippen LogP contribution in [0.3, 0.4) is 0 Å². The zero-order valence-electron chi connectivity index (χ0n) is 13.4. The van der Waals surface area contributed by atoms with E-state index in [1.54, 1.807) is 6.07 Å².